The highest BCUT2D eigenvalue weighted by atomic mass is 19.4. The first kappa shape index (κ1) is 18.6. The SMILES string of the molecule is COc1cccc(C(N)=Nc2cc(C(F)(F)F)cc(C(F)(F)F)c2)n1. The zero-order valence-corrected chi connectivity index (χ0v) is 12.6. The summed E-state index contributed by atoms with van der Waals surface area (Å²) in [5.74, 6) is -0.193. The van der Waals surface area contributed by atoms with E-state index in [1.54, 1.807) is 0 Å². The molecule has 0 aliphatic carbocycles. The molecule has 2 rings (SSSR count). The lowest BCUT2D eigenvalue weighted by Gasteiger charge is -2.13. The second kappa shape index (κ2) is 6.61. The second-order valence-electron chi connectivity index (χ2n) is 4.83. The molecule has 0 spiro atoms. The molecule has 0 fully saturated rings. The van der Waals surface area contributed by atoms with Crippen LogP contribution < -0.4 is 10.5 Å². The minimum atomic E-state index is -4.96. The van der Waals surface area contributed by atoms with E-state index in [0.29, 0.717) is 12.1 Å². The van der Waals surface area contributed by atoms with E-state index < -0.39 is 29.2 Å². The number of amidine groups is 1. The first-order chi connectivity index (χ1) is 11.5. The van der Waals surface area contributed by atoms with Crippen molar-refractivity contribution in [1.29, 1.82) is 0 Å². The standard InChI is InChI=1S/C15H11F6N3O/c1-25-12-4-2-3-11(24-12)13(22)23-10-6-8(14(16,17)18)5-9(7-10)15(19,20)21/h2-7H,1H3,(H2,22,23). The minimum Gasteiger partial charge on any atom is -0.481 e. The summed E-state index contributed by atoms with van der Waals surface area (Å²) in [6, 6.07) is 5.34. The zero-order chi connectivity index (χ0) is 18.8. The molecule has 0 radical (unpaired) electrons. The minimum absolute atomic E-state index is 0.0129. The maximum atomic E-state index is 12.8. The highest BCUT2D eigenvalue weighted by Gasteiger charge is 2.37. The van der Waals surface area contributed by atoms with Crippen molar-refractivity contribution in [2.24, 2.45) is 10.7 Å². The Morgan fingerprint density at radius 1 is 1.00 bits per heavy atom. The van der Waals surface area contributed by atoms with Gasteiger partial charge in [-0.15, -0.1) is 0 Å². The van der Waals surface area contributed by atoms with E-state index in [1.165, 1.54) is 25.3 Å². The summed E-state index contributed by atoms with van der Waals surface area (Å²) in [5.41, 5.74) is 2.13. The molecule has 0 atom stereocenters. The molecule has 0 bridgehead atoms. The molecule has 134 valence electrons. The first-order valence-corrected chi connectivity index (χ1v) is 6.66. The maximum absolute atomic E-state index is 12.8. The van der Waals surface area contributed by atoms with Gasteiger partial charge in [-0.2, -0.15) is 26.3 Å². The molecular formula is C15H11F6N3O. The number of hydrogen-bond acceptors (Lipinski definition) is 3. The van der Waals surface area contributed by atoms with Gasteiger partial charge in [0.05, 0.1) is 23.9 Å². The molecule has 1 aromatic heterocycles. The molecule has 1 aromatic carbocycles. The third-order valence-electron chi connectivity index (χ3n) is 3.02. The third-order valence-corrected chi connectivity index (χ3v) is 3.02. The second-order valence-corrected chi connectivity index (χ2v) is 4.83. The molecular weight excluding hydrogens is 352 g/mol. The van der Waals surface area contributed by atoms with E-state index in [0.717, 1.165) is 0 Å². The van der Waals surface area contributed by atoms with Crippen LogP contribution in [0.4, 0.5) is 32.0 Å². The van der Waals surface area contributed by atoms with Crippen molar-refractivity contribution in [3.05, 3.63) is 53.2 Å². The summed E-state index contributed by atoms with van der Waals surface area (Å²) in [4.78, 5) is 7.54. The predicted octanol–water partition coefficient (Wildman–Crippen LogP) is 4.16. The Kier molecular flexibility index (Phi) is 4.91. The van der Waals surface area contributed by atoms with Crippen molar-refractivity contribution < 1.29 is 31.1 Å². The Hall–Kier alpha value is -2.78. The van der Waals surface area contributed by atoms with Gasteiger partial charge in [0.2, 0.25) is 5.88 Å². The molecule has 0 unspecified atom stereocenters. The Morgan fingerprint density at radius 3 is 2.04 bits per heavy atom. The van der Waals surface area contributed by atoms with Gasteiger partial charge in [-0.25, -0.2) is 9.98 Å². The number of ether oxygens (including phenoxy) is 1. The number of aromatic nitrogens is 1. The van der Waals surface area contributed by atoms with Crippen LogP contribution >= 0.6 is 0 Å². The van der Waals surface area contributed by atoms with Crippen LogP contribution in [0.1, 0.15) is 16.8 Å². The Balaban J connectivity index is 2.53. The molecule has 0 amide bonds. The lowest BCUT2D eigenvalue weighted by atomic mass is 10.1. The molecule has 10 heteroatoms. The summed E-state index contributed by atoms with van der Waals surface area (Å²) < 4.78 is 81.8. The third kappa shape index (κ3) is 4.61. The van der Waals surface area contributed by atoms with Crippen molar-refractivity contribution in [1.82, 2.24) is 4.98 Å². The lowest BCUT2D eigenvalue weighted by molar-refractivity contribution is -0.143. The molecule has 2 aromatic rings. The van der Waals surface area contributed by atoms with Gasteiger partial charge < -0.3 is 10.5 Å². The smallest absolute Gasteiger partial charge is 0.416 e. The Bertz CT molecular complexity index is 766. The fourth-order valence-corrected chi connectivity index (χ4v) is 1.87. The highest BCUT2D eigenvalue weighted by Crippen LogP contribution is 2.38. The Morgan fingerprint density at radius 2 is 1.56 bits per heavy atom. The fourth-order valence-electron chi connectivity index (χ4n) is 1.87. The number of halogens is 6. The van der Waals surface area contributed by atoms with Gasteiger partial charge in [-0.05, 0) is 24.3 Å². The van der Waals surface area contributed by atoms with Crippen molar-refractivity contribution in [2.45, 2.75) is 12.4 Å². The number of nitrogens with two attached hydrogens (primary N) is 1. The van der Waals surface area contributed by atoms with Crippen LogP contribution in [0.15, 0.2) is 41.4 Å². The van der Waals surface area contributed by atoms with Gasteiger partial charge in [-0.3, -0.25) is 0 Å². The topological polar surface area (TPSA) is 60.5 Å². The average molecular weight is 363 g/mol. The van der Waals surface area contributed by atoms with Gasteiger partial charge >= 0.3 is 12.4 Å². The number of nitrogens with zero attached hydrogens (tertiary/aromatic N) is 2. The summed E-state index contributed by atoms with van der Waals surface area (Å²) >= 11 is 0. The van der Waals surface area contributed by atoms with Crippen molar-refractivity contribution in [3.63, 3.8) is 0 Å². The summed E-state index contributed by atoms with van der Waals surface area (Å²) in [7, 11) is 1.34. The number of alkyl halides is 6. The number of rotatable bonds is 3. The highest BCUT2D eigenvalue weighted by molar-refractivity contribution is 5.97. The van der Waals surface area contributed by atoms with Crippen LogP contribution in [0.5, 0.6) is 5.88 Å². The predicted molar refractivity (Wildman–Crippen MR) is 77.6 cm³/mol. The molecule has 1 heterocycles. The van der Waals surface area contributed by atoms with Gasteiger partial charge in [0.15, 0.2) is 0 Å². The van der Waals surface area contributed by atoms with Crippen LogP contribution in [0.3, 0.4) is 0 Å². The van der Waals surface area contributed by atoms with E-state index in [1.807, 2.05) is 0 Å². The van der Waals surface area contributed by atoms with Gasteiger partial charge in [0, 0.05) is 6.07 Å². The van der Waals surface area contributed by atoms with Gasteiger partial charge in [-0.1, -0.05) is 6.07 Å². The number of pyridine rings is 1. The fraction of sp³-hybridized carbons (Fsp3) is 0.200. The van der Waals surface area contributed by atoms with E-state index in [4.69, 9.17) is 10.5 Å². The maximum Gasteiger partial charge on any atom is 0.416 e. The quantitative estimate of drug-likeness (QED) is 0.506. The van der Waals surface area contributed by atoms with Crippen LogP contribution in [0.25, 0.3) is 0 Å². The van der Waals surface area contributed by atoms with Crippen LogP contribution in [-0.4, -0.2) is 17.9 Å². The number of aliphatic imine (C=N–C) groups is 1. The summed E-state index contributed by atoms with van der Waals surface area (Å²) in [5, 5.41) is 0. The van der Waals surface area contributed by atoms with Gasteiger partial charge in [0.1, 0.15) is 11.5 Å². The monoisotopic (exact) mass is 363 g/mol. The van der Waals surface area contributed by atoms with Crippen molar-refractivity contribution in [3.8, 4) is 5.88 Å². The average Bonchev–Trinajstić information content (AvgIpc) is 2.53. The van der Waals surface area contributed by atoms with Crippen LogP contribution in [0, 0.1) is 0 Å². The molecule has 2 N–H and O–H groups in total. The molecule has 0 aliphatic heterocycles. The van der Waals surface area contributed by atoms with E-state index in [2.05, 4.69) is 9.98 Å². The van der Waals surface area contributed by atoms with E-state index >= 15 is 0 Å². The molecule has 0 saturated carbocycles. The number of benzene rings is 1. The van der Waals surface area contributed by atoms with E-state index in [9.17, 15) is 26.3 Å². The number of methoxy groups -OCH3 is 1. The number of hydrogen-bond donors (Lipinski definition) is 1. The summed E-state index contributed by atoms with van der Waals surface area (Å²) in [6.07, 6.45) is -9.93. The zero-order valence-electron chi connectivity index (χ0n) is 12.6. The largest absolute Gasteiger partial charge is 0.481 e. The summed E-state index contributed by atoms with van der Waals surface area (Å²) in [6.45, 7) is 0. The lowest BCUT2D eigenvalue weighted by Crippen LogP contribution is -2.15. The molecule has 4 nitrogen and oxygen atoms in total. The normalized spacial score (nSPS) is 13.0. The van der Waals surface area contributed by atoms with Crippen LogP contribution in [0.2, 0.25) is 0 Å². The first-order valence-electron chi connectivity index (χ1n) is 6.66. The van der Waals surface area contributed by atoms with Gasteiger partial charge in [0.25, 0.3) is 0 Å². The van der Waals surface area contributed by atoms with Crippen molar-refractivity contribution in [2.75, 3.05) is 7.11 Å². The van der Waals surface area contributed by atoms with Crippen LogP contribution in [-0.2, 0) is 12.4 Å². The molecule has 0 aliphatic rings. The van der Waals surface area contributed by atoms with E-state index in [-0.39, 0.29) is 23.5 Å². The molecule has 25 heavy (non-hydrogen) atoms. The Labute approximate surface area is 138 Å². The van der Waals surface area contributed by atoms with Crippen molar-refractivity contribution >= 4 is 11.5 Å². The molecule has 0 saturated heterocycles.